The van der Waals surface area contributed by atoms with Crippen LogP contribution in [0.1, 0.15) is 35.6 Å². The van der Waals surface area contributed by atoms with Gasteiger partial charge >= 0.3 is 6.18 Å². The van der Waals surface area contributed by atoms with Crippen molar-refractivity contribution in [2.45, 2.75) is 44.1 Å². The number of nitrogens with zero attached hydrogens (tertiary/aromatic N) is 2. The van der Waals surface area contributed by atoms with Crippen LogP contribution in [0.3, 0.4) is 0 Å². The standard InChI is InChI=1S/C27H30F3N3O7/c1-10-7-33(8-10)9-12-6-15(34)17-13(19(12)27(28,29)30)4-11-5-14-20(32(2)3)22(36)18(25(31)39)24(38)26(14,40)23(37)16(11)21(17)35/h6,10-11,14,20,34-35,38,40H,4-5,7-9H2,1-3H3,(H2,31,39)/t11-,14-,20-,26-/m0/s1. The van der Waals surface area contributed by atoms with Crippen LogP contribution in [0.15, 0.2) is 23.0 Å². The van der Waals surface area contributed by atoms with Gasteiger partial charge in [0.2, 0.25) is 5.78 Å². The first-order valence-corrected chi connectivity index (χ1v) is 12.8. The van der Waals surface area contributed by atoms with E-state index in [1.165, 1.54) is 19.0 Å². The number of rotatable bonds is 4. The van der Waals surface area contributed by atoms with Crippen LogP contribution in [-0.2, 0) is 33.5 Å². The molecule has 1 saturated carbocycles. The SMILES string of the molecule is CC1CN(Cc2cc(O)c3c(c2C(F)(F)F)C[C@H]2C[C@H]4[C@H](N(C)C)C(=O)C(C(N)=O)=C(O)[C@@]4(O)C(=O)C2=C3O)C1. The quantitative estimate of drug-likeness (QED) is 0.340. The molecular weight excluding hydrogens is 535 g/mol. The summed E-state index contributed by atoms with van der Waals surface area (Å²) >= 11 is 0. The molecule has 216 valence electrons. The summed E-state index contributed by atoms with van der Waals surface area (Å²) in [6.07, 6.45) is -5.58. The number of hydrogen-bond donors (Lipinski definition) is 5. The highest BCUT2D eigenvalue weighted by Crippen LogP contribution is 2.54. The number of carbonyl (C=O) groups excluding carboxylic acids is 3. The number of nitrogens with two attached hydrogens (primary N) is 1. The lowest BCUT2D eigenvalue weighted by molar-refractivity contribution is -0.153. The molecule has 1 aromatic carbocycles. The van der Waals surface area contributed by atoms with E-state index in [4.69, 9.17) is 5.73 Å². The fraction of sp³-hybridized carbons (Fsp3) is 0.519. The number of Topliss-reactive ketones (excluding diaryl/α,β-unsaturated/α-hetero) is 2. The number of fused-ring (bicyclic) bond motifs is 3. The number of halogens is 3. The second-order valence-corrected chi connectivity index (χ2v) is 11.5. The Labute approximate surface area is 227 Å². The number of hydrogen-bond acceptors (Lipinski definition) is 9. The van der Waals surface area contributed by atoms with Gasteiger partial charge in [0, 0.05) is 31.1 Å². The van der Waals surface area contributed by atoms with Gasteiger partial charge in [-0.3, -0.25) is 24.2 Å². The van der Waals surface area contributed by atoms with E-state index >= 15 is 0 Å². The Hall–Kier alpha value is -3.42. The highest BCUT2D eigenvalue weighted by Gasteiger charge is 2.64. The van der Waals surface area contributed by atoms with Crippen LogP contribution >= 0.6 is 0 Å². The number of ketones is 2. The van der Waals surface area contributed by atoms with Crippen LogP contribution < -0.4 is 5.73 Å². The Bertz CT molecular complexity index is 1410. The van der Waals surface area contributed by atoms with E-state index in [9.17, 15) is 48.0 Å². The number of phenolic OH excluding ortho intramolecular Hbond substituents is 1. The van der Waals surface area contributed by atoms with Crippen LogP contribution in [0, 0.1) is 17.8 Å². The summed E-state index contributed by atoms with van der Waals surface area (Å²) in [6, 6.07) is -0.399. The summed E-state index contributed by atoms with van der Waals surface area (Å²) in [5, 5.41) is 44.5. The first-order valence-electron chi connectivity index (χ1n) is 12.8. The zero-order chi connectivity index (χ0) is 29.6. The van der Waals surface area contributed by atoms with Gasteiger partial charge in [-0.1, -0.05) is 6.92 Å². The number of likely N-dealkylation sites (N-methyl/N-ethyl adjacent to an activating group) is 1. The summed E-state index contributed by atoms with van der Waals surface area (Å²) in [6.45, 7) is 3.07. The molecule has 4 aliphatic rings. The number of aromatic hydroxyl groups is 1. The molecule has 10 nitrogen and oxygen atoms in total. The molecule has 13 heteroatoms. The summed E-state index contributed by atoms with van der Waals surface area (Å²) in [5.41, 5.74) is -1.19. The zero-order valence-corrected chi connectivity index (χ0v) is 22.0. The Morgan fingerprint density at radius 3 is 2.35 bits per heavy atom. The van der Waals surface area contributed by atoms with Crippen molar-refractivity contribution in [2.75, 3.05) is 27.2 Å². The summed E-state index contributed by atoms with van der Waals surface area (Å²) < 4.78 is 43.6. The first kappa shape index (κ1) is 28.1. The molecule has 0 radical (unpaired) electrons. The van der Waals surface area contributed by atoms with Gasteiger partial charge in [0.15, 0.2) is 11.4 Å². The van der Waals surface area contributed by atoms with E-state index in [1.54, 1.807) is 4.90 Å². The summed E-state index contributed by atoms with van der Waals surface area (Å²) in [7, 11) is 2.88. The van der Waals surface area contributed by atoms with Crippen LogP contribution in [-0.4, -0.2) is 86.5 Å². The van der Waals surface area contributed by atoms with Crippen molar-refractivity contribution in [3.8, 4) is 5.75 Å². The third-order valence-corrected chi connectivity index (χ3v) is 8.62. The van der Waals surface area contributed by atoms with E-state index in [0.29, 0.717) is 19.0 Å². The number of amides is 1. The minimum Gasteiger partial charge on any atom is -0.508 e. The third kappa shape index (κ3) is 3.85. The van der Waals surface area contributed by atoms with Crippen molar-refractivity contribution in [1.29, 1.82) is 0 Å². The highest BCUT2D eigenvalue weighted by atomic mass is 19.4. The molecule has 3 aliphatic carbocycles. The molecule has 5 rings (SSSR count). The molecule has 4 atom stereocenters. The Morgan fingerprint density at radius 1 is 1.20 bits per heavy atom. The van der Waals surface area contributed by atoms with Gasteiger partial charge in [-0.2, -0.15) is 13.2 Å². The molecular formula is C27H30F3N3O7. The predicted molar refractivity (Wildman–Crippen MR) is 134 cm³/mol. The van der Waals surface area contributed by atoms with Gasteiger partial charge in [0.1, 0.15) is 22.8 Å². The maximum Gasteiger partial charge on any atom is 0.417 e. The average molecular weight is 566 g/mol. The minimum atomic E-state index is -4.86. The molecule has 0 aromatic heterocycles. The van der Waals surface area contributed by atoms with E-state index in [0.717, 1.165) is 6.07 Å². The van der Waals surface area contributed by atoms with Crippen molar-refractivity contribution < 1.29 is 48.0 Å². The lowest BCUT2D eigenvalue weighted by Crippen LogP contribution is -2.65. The first-order chi connectivity index (χ1) is 18.5. The smallest absolute Gasteiger partial charge is 0.417 e. The lowest BCUT2D eigenvalue weighted by atomic mass is 9.57. The molecule has 1 aliphatic heterocycles. The van der Waals surface area contributed by atoms with Crippen LogP contribution in [0.4, 0.5) is 13.2 Å². The third-order valence-electron chi connectivity index (χ3n) is 8.62. The maximum atomic E-state index is 14.5. The molecule has 1 amide bonds. The number of carbonyl (C=O) groups is 3. The minimum absolute atomic E-state index is 0.0743. The molecule has 6 N–H and O–H groups in total. The Balaban J connectivity index is 1.71. The number of alkyl halides is 3. The largest absolute Gasteiger partial charge is 0.508 e. The lowest BCUT2D eigenvalue weighted by Gasteiger charge is -2.50. The number of primary amides is 1. The van der Waals surface area contributed by atoms with Gasteiger partial charge in [-0.25, -0.2) is 0 Å². The van der Waals surface area contributed by atoms with E-state index in [-0.39, 0.29) is 24.1 Å². The van der Waals surface area contributed by atoms with Crippen LogP contribution in [0.25, 0.3) is 5.76 Å². The van der Waals surface area contributed by atoms with E-state index in [1.807, 2.05) is 6.92 Å². The van der Waals surface area contributed by atoms with Gasteiger partial charge in [0.05, 0.1) is 17.2 Å². The second-order valence-electron chi connectivity index (χ2n) is 11.5. The molecule has 0 unspecified atom stereocenters. The monoisotopic (exact) mass is 565 g/mol. The molecule has 0 spiro atoms. The van der Waals surface area contributed by atoms with Crippen molar-refractivity contribution in [2.24, 2.45) is 23.5 Å². The van der Waals surface area contributed by atoms with Crippen molar-refractivity contribution in [1.82, 2.24) is 9.80 Å². The van der Waals surface area contributed by atoms with Crippen LogP contribution in [0.2, 0.25) is 0 Å². The molecule has 1 saturated heterocycles. The second kappa shape index (κ2) is 9.05. The number of aliphatic hydroxyl groups excluding tert-OH is 2. The maximum absolute atomic E-state index is 14.5. The molecule has 40 heavy (non-hydrogen) atoms. The van der Waals surface area contributed by atoms with Gasteiger partial charge in [-0.05, 0) is 56.0 Å². The predicted octanol–water partition coefficient (Wildman–Crippen LogP) is 1.43. The van der Waals surface area contributed by atoms with Gasteiger partial charge < -0.3 is 26.2 Å². The van der Waals surface area contributed by atoms with Crippen LogP contribution in [0.5, 0.6) is 5.75 Å². The fourth-order valence-electron chi connectivity index (χ4n) is 7.06. The number of likely N-dealkylation sites (tertiary alicyclic amines) is 1. The summed E-state index contributed by atoms with van der Waals surface area (Å²) in [4.78, 5) is 42.1. The topological polar surface area (TPSA) is 165 Å². The number of benzene rings is 1. The zero-order valence-electron chi connectivity index (χ0n) is 22.0. The Morgan fingerprint density at radius 2 is 1.82 bits per heavy atom. The molecule has 1 aromatic rings. The Kier molecular flexibility index (Phi) is 6.36. The molecule has 1 heterocycles. The molecule has 0 bridgehead atoms. The fourth-order valence-corrected chi connectivity index (χ4v) is 7.06. The normalized spacial score (nSPS) is 29.4. The van der Waals surface area contributed by atoms with E-state index < -0.39 is 93.1 Å². The van der Waals surface area contributed by atoms with E-state index in [2.05, 4.69) is 0 Å². The van der Waals surface area contributed by atoms with Gasteiger partial charge in [0.25, 0.3) is 5.91 Å². The highest BCUT2D eigenvalue weighted by molar-refractivity contribution is 6.24. The van der Waals surface area contributed by atoms with Gasteiger partial charge in [-0.15, -0.1) is 0 Å². The van der Waals surface area contributed by atoms with Crippen molar-refractivity contribution >= 4 is 23.2 Å². The number of aliphatic hydroxyl groups is 3. The summed E-state index contributed by atoms with van der Waals surface area (Å²) in [5.74, 6) is -8.62. The van der Waals surface area contributed by atoms with Crippen molar-refractivity contribution in [3.63, 3.8) is 0 Å². The number of phenols is 1. The molecule has 2 fully saturated rings. The average Bonchev–Trinajstić information content (AvgIpc) is 2.79. The van der Waals surface area contributed by atoms with Crippen molar-refractivity contribution in [3.05, 3.63) is 45.2 Å².